The molecule has 2 aromatic heterocycles. The van der Waals surface area contributed by atoms with Gasteiger partial charge in [-0.3, -0.25) is 18.6 Å². The SMILES string of the molecule is CC(C)Cn1c(=O)n(C)c(=O)c2c(-c3cccc(Cl)c3)n(Cc3cccc4ccccc34)nc21. The van der Waals surface area contributed by atoms with Gasteiger partial charge in [0.2, 0.25) is 0 Å². The van der Waals surface area contributed by atoms with Crippen molar-refractivity contribution in [2.24, 2.45) is 13.0 Å². The van der Waals surface area contributed by atoms with E-state index in [2.05, 4.69) is 24.3 Å². The van der Waals surface area contributed by atoms with Gasteiger partial charge >= 0.3 is 5.69 Å². The Labute approximate surface area is 201 Å². The van der Waals surface area contributed by atoms with Crippen molar-refractivity contribution in [3.63, 3.8) is 0 Å². The Morgan fingerprint density at radius 3 is 2.47 bits per heavy atom. The van der Waals surface area contributed by atoms with Gasteiger partial charge in [0.25, 0.3) is 5.56 Å². The fourth-order valence-electron chi connectivity index (χ4n) is 4.53. The summed E-state index contributed by atoms with van der Waals surface area (Å²) in [5, 5.41) is 8.10. The minimum atomic E-state index is -0.362. The molecule has 0 atom stereocenters. The third kappa shape index (κ3) is 3.74. The molecule has 172 valence electrons. The van der Waals surface area contributed by atoms with Crippen LogP contribution in [0.2, 0.25) is 5.02 Å². The molecule has 5 aromatic rings. The van der Waals surface area contributed by atoms with E-state index < -0.39 is 0 Å². The van der Waals surface area contributed by atoms with Gasteiger partial charge in [-0.15, -0.1) is 0 Å². The summed E-state index contributed by atoms with van der Waals surface area (Å²) in [4.78, 5) is 26.4. The lowest BCUT2D eigenvalue weighted by Crippen LogP contribution is -2.38. The molecule has 0 radical (unpaired) electrons. The number of aromatic nitrogens is 4. The molecule has 0 saturated carbocycles. The van der Waals surface area contributed by atoms with Gasteiger partial charge in [-0.1, -0.05) is 80.0 Å². The van der Waals surface area contributed by atoms with Crippen LogP contribution in [0.15, 0.2) is 76.3 Å². The zero-order chi connectivity index (χ0) is 24.0. The quantitative estimate of drug-likeness (QED) is 0.358. The fourth-order valence-corrected chi connectivity index (χ4v) is 4.72. The second kappa shape index (κ2) is 8.61. The van der Waals surface area contributed by atoms with E-state index in [1.807, 2.05) is 54.9 Å². The van der Waals surface area contributed by atoms with Crippen LogP contribution in [0.1, 0.15) is 19.4 Å². The highest BCUT2D eigenvalue weighted by Crippen LogP contribution is 2.30. The predicted octanol–water partition coefficient (Wildman–Crippen LogP) is 5.07. The van der Waals surface area contributed by atoms with Crippen molar-refractivity contribution in [2.75, 3.05) is 0 Å². The van der Waals surface area contributed by atoms with Crippen molar-refractivity contribution in [1.29, 1.82) is 0 Å². The first-order chi connectivity index (χ1) is 16.3. The number of rotatable bonds is 5. The first kappa shape index (κ1) is 22.2. The van der Waals surface area contributed by atoms with Crippen LogP contribution >= 0.6 is 11.6 Å². The highest BCUT2D eigenvalue weighted by atomic mass is 35.5. The van der Waals surface area contributed by atoms with E-state index in [9.17, 15) is 9.59 Å². The molecule has 3 aromatic carbocycles. The smallest absolute Gasteiger partial charge is 0.276 e. The Morgan fingerprint density at radius 1 is 0.971 bits per heavy atom. The molecular formula is C27H25ClN4O2. The summed E-state index contributed by atoms with van der Waals surface area (Å²) in [5.74, 6) is 0.205. The van der Waals surface area contributed by atoms with Crippen molar-refractivity contribution >= 4 is 33.4 Å². The van der Waals surface area contributed by atoms with Crippen LogP contribution in [0.25, 0.3) is 33.1 Å². The summed E-state index contributed by atoms with van der Waals surface area (Å²) in [6, 6.07) is 21.7. The van der Waals surface area contributed by atoms with Gasteiger partial charge in [-0.2, -0.15) is 5.10 Å². The summed E-state index contributed by atoms with van der Waals surface area (Å²) in [6.07, 6.45) is 0. The molecular weight excluding hydrogens is 448 g/mol. The Morgan fingerprint density at radius 2 is 1.71 bits per heavy atom. The molecule has 0 N–H and O–H groups in total. The van der Waals surface area contributed by atoms with Gasteiger partial charge in [0.05, 0.1) is 12.2 Å². The van der Waals surface area contributed by atoms with E-state index in [1.54, 1.807) is 10.6 Å². The molecule has 0 aliphatic rings. The minimum Gasteiger partial charge on any atom is -0.276 e. The lowest BCUT2D eigenvalue weighted by Gasteiger charge is -2.11. The van der Waals surface area contributed by atoms with E-state index in [0.717, 1.165) is 21.9 Å². The van der Waals surface area contributed by atoms with Crippen molar-refractivity contribution in [1.82, 2.24) is 18.9 Å². The number of fused-ring (bicyclic) bond motifs is 2. The van der Waals surface area contributed by atoms with Gasteiger partial charge in [-0.25, -0.2) is 4.79 Å². The number of hydrogen-bond acceptors (Lipinski definition) is 3. The first-order valence-corrected chi connectivity index (χ1v) is 11.7. The third-order valence-corrected chi connectivity index (χ3v) is 6.31. The van der Waals surface area contributed by atoms with Crippen molar-refractivity contribution < 1.29 is 0 Å². The zero-order valence-electron chi connectivity index (χ0n) is 19.3. The average molecular weight is 473 g/mol. The van der Waals surface area contributed by atoms with Crippen LogP contribution in [0.4, 0.5) is 0 Å². The number of halogens is 1. The molecule has 0 aliphatic heterocycles. The maximum atomic E-state index is 13.4. The monoisotopic (exact) mass is 472 g/mol. The Kier molecular flexibility index (Phi) is 5.62. The fraction of sp³-hybridized carbons (Fsp3) is 0.222. The van der Waals surface area contributed by atoms with E-state index in [4.69, 9.17) is 16.7 Å². The molecule has 0 fully saturated rings. The first-order valence-electron chi connectivity index (χ1n) is 11.3. The molecule has 2 heterocycles. The molecule has 6 nitrogen and oxygen atoms in total. The van der Waals surface area contributed by atoms with Crippen molar-refractivity contribution in [3.05, 3.63) is 98.2 Å². The van der Waals surface area contributed by atoms with Crippen LogP contribution in [-0.4, -0.2) is 18.9 Å². The summed E-state index contributed by atoms with van der Waals surface area (Å²) in [5.41, 5.74) is 2.18. The number of hydrogen-bond donors (Lipinski definition) is 0. The lowest BCUT2D eigenvalue weighted by molar-refractivity contribution is 0.498. The maximum absolute atomic E-state index is 13.4. The second-order valence-electron chi connectivity index (χ2n) is 9.00. The van der Waals surface area contributed by atoms with E-state index >= 15 is 0 Å². The molecule has 0 bridgehead atoms. The summed E-state index contributed by atoms with van der Waals surface area (Å²) < 4.78 is 4.60. The third-order valence-electron chi connectivity index (χ3n) is 6.07. The highest BCUT2D eigenvalue weighted by molar-refractivity contribution is 6.30. The zero-order valence-corrected chi connectivity index (χ0v) is 20.1. The lowest BCUT2D eigenvalue weighted by atomic mass is 10.0. The van der Waals surface area contributed by atoms with Crippen LogP contribution in [0.3, 0.4) is 0 Å². The molecule has 0 saturated heterocycles. The van der Waals surface area contributed by atoms with E-state index in [-0.39, 0.29) is 17.2 Å². The van der Waals surface area contributed by atoms with Crippen molar-refractivity contribution in [3.8, 4) is 11.3 Å². The molecule has 5 rings (SSSR count). The van der Waals surface area contributed by atoms with Crippen LogP contribution in [0.5, 0.6) is 0 Å². The van der Waals surface area contributed by atoms with E-state index in [1.165, 1.54) is 11.6 Å². The van der Waals surface area contributed by atoms with Gasteiger partial charge in [0.15, 0.2) is 5.65 Å². The molecule has 0 amide bonds. The van der Waals surface area contributed by atoms with Gasteiger partial charge in [-0.05, 0) is 34.4 Å². The summed E-state index contributed by atoms with van der Waals surface area (Å²) >= 11 is 6.33. The largest absolute Gasteiger partial charge is 0.332 e. The average Bonchev–Trinajstić information content (AvgIpc) is 3.19. The second-order valence-corrected chi connectivity index (χ2v) is 9.44. The Bertz CT molecular complexity index is 1650. The topological polar surface area (TPSA) is 61.8 Å². The summed E-state index contributed by atoms with van der Waals surface area (Å²) in [7, 11) is 1.52. The predicted molar refractivity (Wildman–Crippen MR) is 138 cm³/mol. The van der Waals surface area contributed by atoms with Gasteiger partial charge < -0.3 is 0 Å². The Balaban J connectivity index is 1.85. The molecule has 7 heteroatoms. The normalized spacial score (nSPS) is 11.7. The molecule has 34 heavy (non-hydrogen) atoms. The van der Waals surface area contributed by atoms with E-state index in [0.29, 0.717) is 34.8 Å². The van der Waals surface area contributed by atoms with Crippen LogP contribution < -0.4 is 11.2 Å². The summed E-state index contributed by atoms with van der Waals surface area (Å²) in [6.45, 7) is 4.98. The highest BCUT2D eigenvalue weighted by Gasteiger charge is 2.23. The van der Waals surface area contributed by atoms with Crippen LogP contribution in [0, 0.1) is 5.92 Å². The van der Waals surface area contributed by atoms with Gasteiger partial charge in [0.1, 0.15) is 5.39 Å². The maximum Gasteiger partial charge on any atom is 0.332 e. The molecule has 0 unspecified atom stereocenters. The van der Waals surface area contributed by atoms with Crippen molar-refractivity contribution in [2.45, 2.75) is 26.9 Å². The van der Waals surface area contributed by atoms with Crippen LogP contribution in [-0.2, 0) is 20.1 Å². The molecule has 0 aliphatic carbocycles. The minimum absolute atomic E-state index is 0.205. The standard InChI is InChI=1S/C27H25ClN4O2/c1-17(2)15-31-25-23(26(33)30(3)27(31)34)24(19-10-7-12-21(28)14-19)32(29-25)16-20-11-6-9-18-8-4-5-13-22(18)20/h4-14,17H,15-16H2,1-3H3. The van der Waals surface area contributed by atoms with Gasteiger partial charge in [0, 0.05) is 24.2 Å². The Hall–Kier alpha value is -3.64. The number of nitrogens with zero attached hydrogens (tertiary/aromatic N) is 4. The number of benzene rings is 3. The molecule has 0 spiro atoms.